The molecular formula is C36H32BN2O2. The van der Waals surface area contributed by atoms with Crippen LogP contribution in [0.2, 0.25) is 0 Å². The number of para-hydroxylation sites is 3. The van der Waals surface area contributed by atoms with Gasteiger partial charge in [0.25, 0.3) is 0 Å². The standard InChI is InChI=1S/C36H32BN2O2/c1-35(2,40)36(3,4)41-37-24-18-21-33-30(22-24)29-20-19-26(23-34(29)38(33)25-12-6-5-7-13-25)39-31-16-10-8-14-27(31)28-15-9-11-17-32(28)39/h5-23,40H,1-4H3. The molecule has 5 heteroatoms. The first-order chi connectivity index (χ1) is 19.7. The lowest BCUT2D eigenvalue weighted by Gasteiger charge is -2.37. The van der Waals surface area contributed by atoms with E-state index in [2.05, 4.69) is 124 Å². The second kappa shape index (κ2) is 9.37. The first kappa shape index (κ1) is 25.6. The Morgan fingerprint density at radius 3 is 1.76 bits per heavy atom. The lowest BCUT2D eigenvalue weighted by atomic mass is 9.82. The normalized spacial score (nSPS) is 12.6. The summed E-state index contributed by atoms with van der Waals surface area (Å²) in [6.45, 7) is 7.34. The van der Waals surface area contributed by atoms with Gasteiger partial charge < -0.3 is 18.9 Å². The fraction of sp³-hybridized carbons (Fsp3) is 0.167. The fourth-order valence-corrected chi connectivity index (χ4v) is 5.65. The molecule has 0 fully saturated rings. The maximum absolute atomic E-state index is 10.6. The molecule has 0 aliphatic carbocycles. The predicted octanol–water partition coefficient (Wildman–Crippen LogP) is 7.69. The molecule has 2 aromatic heterocycles. The highest BCUT2D eigenvalue weighted by atomic mass is 16.5. The average Bonchev–Trinajstić information content (AvgIpc) is 3.48. The summed E-state index contributed by atoms with van der Waals surface area (Å²) in [7, 11) is 1.76. The number of aliphatic hydroxyl groups is 1. The minimum absolute atomic E-state index is 0.739. The zero-order chi connectivity index (χ0) is 28.4. The van der Waals surface area contributed by atoms with Crippen molar-refractivity contribution < 1.29 is 9.76 Å². The molecule has 0 saturated carbocycles. The zero-order valence-corrected chi connectivity index (χ0v) is 23.8. The van der Waals surface area contributed by atoms with Crippen LogP contribution in [0.4, 0.5) is 0 Å². The predicted molar refractivity (Wildman–Crippen MR) is 172 cm³/mol. The lowest BCUT2D eigenvalue weighted by molar-refractivity contribution is -0.0893. The van der Waals surface area contributed by atoms with Crippen LogP contribution in [0.5, 0.6) is 0 Å². The summed E-state index contributed by atoms with van der Waals surface area (Å²) in [5, 5.41) is 15.4. The molecule has 0 aliphatic rings. The first-order valence-corrected chi connectivity index (χ1v) is 14.1. The summed E-state index contributed by atoms with van der Waals surface area (Å²) in [5.41, 5.74) is 6.12. The van der Waals surface area contributed by atoms with Crippen LogP contribution in [0.15, 0.2) is 115 Å². The molecule has 7 aromatic rings. The minimum atomic E-state index is -0.986. The Hall–Kier alpha value is -4.32. The van der Waals surface area contributed by atoms with Gasteiger partial charge in [-0.25, -0.2) is 0 Å². The molecule has 0 bridgehead atoms. The van der Waals surface area contributed by atoms with E-state index < -0.39 is 11.2 Å². The molecule has 1 N–H and O–H groups in total. The highest BCUT2D eigenvalue weighted by molar-refractivity contribution is 6.47. The van der Waals surface area contributed by atoms with Gasteiger partial charge in [-0.15, -0.1) is 0 Å². The van der Waals surface area contributed by atoms with E-state index in [-0.39, 0.29) is 0 Å². The first-order valence-electron chi connectivity index (χ1n) is 14.1. The third-order valence-electron chi connectivity index (χ3n) is 8.59. The zero-order valence-electron chi connectivity index (χ0n) is 23.8. The smallest absolute Gasteiger partial charge is 0.330 e. The van der Waals surface area contributed by atoms with Gasteiger partial charge in [-0.05, 0) is 70.2 Å². The third-order valence-corrected chi connectivity index (χ3v) is 8.59. The second-order valence-electron chi connectivity index (χ2n) is 11.8. The number of aromatic nitrogens is 2. The molecule has 7 rings (SSSR count). The minimum Gasteiger partial charge on any atom is -0.427 e. The second-order valence-corrected chi connectivity index (χ2v) is 11.8. The molecule has 41 heavy (non-hydrogen) atoms. The maximum Gasteiger partial charge on any atom is 0.330 e. The van der Waals surface area contributed by atoms with Crippen LogP contribution in [-0.4, -0.2) is 32.9 Å². The van der Waals surface area contributed by atoms with Gasteiger partial charge >= 0.3 is 7.48 Å². The molecule has 0 amide bonds. The summed E-state index contributed by atoms with van der Waals surface area (Å²) in [4.78, 5) is 0. The summed E-state index contributed by atoms with van der Waals surface area (Å²) in [6, 6.07) is 40.9. The number of rotatable bonds is 6. The Labute approximate surface area is 240 Å². The fourth-order valence-electron chi connectivity index (χ4n) is 5.65. The molecule has 1 radical (unpaired) electrons. The van der Waals surface area contributed by atoms with Crippen molar-refractivity contribution in [1.82, 2.24) is 9.13 Å². The van der Waals surface area contributed by atoms with Crippen molar-refractivity contribution in [2.24, 2.45) is 0 Å². The van der Waals surface area contributed by atoms with Crippen molar-refractivity contribution in [3.63, 3.8) is 0 Å². The van der Waals surface area contributed by atoms with Crippen molar-refractivity contribution in [2.45, 2.75) is 38.9 Å². The molecule has 201 valence electrons. The van der Waals surface area contributed by atoms with Crippen molar-refractivity contribution in [2.75, 3.05) is 0 Å². The number of fused-ring (bicyclic) bond motifs is 6. The van der Waals surface area contributed by atoms with E-state index in [1.165, 1.54) is 27.2 Å². The summed E-state index contributed by atoms with van der Waals surface area (Å²) in [5.74, 6) is 0. The van der Waals surface area contributed by atoms with Crippen LogP contribution in [0.3, 0.4) is 0 Å². The highest BCUT2D eigenvalue weighted by Gasteiger charge is 2.35. The Kier molecular flexibility index (Phi) is 5.86. The highest BCUT2D eigenvalue weighted by Crippen LogP contribution is 2.36. The number of benzene rings is 5. The van der Waals surface area contributed by atoms with Gasteiger partial charge in [-0.2, -0.15) is 0 Å². The molecule has 0 aliphatic heterocycles. The SMILES string of the molecule is CC(C)(O)C(C)(C)O[B]c1ccc2c(c1)c1ccc(-n3c4ccccc4c4ccccc43)cc1n2-c1ccccc1. The largest absolute Gasteiger partial charge is 0.427 e. The van der Waals surface area contributed by atoms with Gasteiger partial charge in [0.2, 0.25) is 0 Å². The lowest BCUT2D eigenvalue weighted by Crippen LogP contribution is -2.49. The average molecular weight is 535 g/mol. The number of hydrogen-bond acceptors (Lipinski definition) is 2. The van der Waals surface area contributed by atoms with Gasteiger partial charge in [-0.3, -0.25) is 0 Å². The van der Waals surface area contributed by atoms with E-state index in [1.54, 1.807) is 21.3 Å². The van der Waals surface area contributed by atoms with Crippen molar-refractivity contribution in [3.05, 3.63) is 115 Å². The van der Waals surface area contributed by atoms with Crippen LogP contribution in [-0.2, 0) is 4.65 Å². The van der Waals surface area contributed by atoms with E-state index in [0.717, 1.165) is 33.3 Å². The molecule has 2 heterocycles. The monoisotopic (exact) mass is 535 g/mol. The van der Waals surface area contributed by atoms with E-state index in [1.807, 2.05) is 13.8 Å². The van der Waals surface area contributed by atoms with Crippen molar-refractivity contribution in [1.29, 1.82) is 0 Å². The van der Waals surface area contributed by atoms with Crippen LogP contribution in [0.1, 0.15) is 27.7 Å². The van der Waals surface area contributed by atoms with E-state index in [4.69, 9.17) is 4.65 Å². The van der Waals surface area contributed by atoms with Crippen LogP contribution in [0, 0.1) is 0 Å². The quantitative estimate of drug-likeness (QED) is 0.222. The Morgan fingerprint density at radius 2 is 1.10 bits per heavy atom. The van der Waals surface area contributed by atoms with E-state index in [0.29, 0.717) is 0 Å². The molecule has 0 saturated heterocycles. The van der Waals surface area contributed by atoms with Crippen molar-refractivity contribution in [3.8, 4) is 11.4 Å². The van der Waals surface area contributed by atoms with Gasteiger partial charge in [0.05, 0.1) is 33.3 Å². The topological polar surface area (TPSA) is 39.3 Å². The molecule has 0 unspecified atom stereocenters. The van der Waals surface area contributed by atoms with Crippen LogP contribution in [0.25, 0.3) is 55.0 Å². The maximum atomic E-state index is 10.6. The Bertz CT molecular complexity index is 2010. The Balaban J connectivity index is 1.44. The molecular weight excluding hydrogens is 503 g/mol. The van der Waals surface area contributed by atoms with Crippen LogP contribution >= 0.6 is 0 Å². The van der Waals surface area contributed by atoms with E-state index >= 15 is 0 Å². The van der Waals surface area contributed by atoms with Gasteiger partial charge in [0.15, 0.2) is 0 Å². The summed E-state index contributed by atoms with van der Waals surface area (Å²) < 4.78 is 10.8. The van der Waals surface area contributed by atoms with Crippen molar-refractivity contribution >= 4 is 56.6 Å². The van der Waals surface area contributed by atoms with Gasteiger partial charge in [0, 0.05) is 32.9 Å². The number of hydrogen-bond donors (Lipinski definition) is 1. The Morgan fingerprint density at radius 1 is 0.537 bits per heavy atom. The summed E-state index contributed by atoms with van der Waals surface area (Å²) in [6.07, 6.45) is 0. The molecule has 5 aromatic carbocycles. The van der Waals surface area contributed by atoms with Gasteiger partial charge in [-0.1, -0.05) is 78.3 Å². The van der Waals surface area contributed by atoms with E-state index in [9.17, 15) is 5.11 Å². The van der Waals surface area contributed by atoms with Crippen LogP contribution < -0.4 is 5.46 Å². The number of nitrogens with zero attached hydrogens (tertiary/aromatic N) is 2. The molecule has 0 spiro atoms. The summed E-state index contributed by atoms with van der Waals surface area (Å²) >= 11 is 0. The van der Waals surface area contributed by atoms with Gasteiger partial charge in [0.1, 0.15) is 0 Å². The molecule has 0 atom stereocenters. The molecule has 4 nitrogen and oxygen atoms in total. The third kappa shape index (κ3) is 4.16.